The molecule has 0 fully saturated rings. The molecule has 348 valence electrons. The monoisotopic (exact) mass is 1030 g/mol. The van der Waals surface area contributed by atoms with Crippen molar-refractivity contribution in [2.45, 2.75) is 9.79 Å². The van der Waals surface area contributed by atoms with Crippen molar-refractivity contribution in [2.24, 2.45) is 20.0 Å². The predicted octanol–water partition coefficient (Wildman–Crippen LogP) is 11.4. The average Bonchev–Trinajstić information content (AvgIpc) is 3.34. The van der Waals surface area contributed by atoms with E-state index in [2.05, 4.69) is 20.0 Å². The van der Waals surface area contributed by atoms with Crippen LogP contribution in [0.1, 0.15) is 22.3 Å². The number of sulfone groups is 2. The van der Waals surface area contributed by atoms with Gasteiger partial charge in [0.05, 0.1) is 9.79 Å². The summed E-state index contributed by atoms with van der Waals surface area (Å²) in [5.74, 6) is 0.286. The molecule has 8 rings (SSSR count). The van der Waals surface area contributed by atoms with Crippen molar-refractivity contribution in [3.8, 4) is 23.0 Å². The largest absolute Gasteiger partial charge is 0.506 e. The van der Waals surface area contributed by atoms with Crippen LogP contribution in [0.25, 0.3) is 0 Å². The second-order valence-corrected chi connectivity index (χ2v) is 18.5. The maximum Gasteiger partial charge on any atom is 0.175 e. The van der Waals surface area contributed by atoms with Crippen molar-refractivity contribution in [1.29, 1.82) is 0 Å². The molecule has 0 heterocycles. The van der Waals surface area contributed by atoms with E-state index in [1.54, 1.807) is 61.3 Å². The zero-order chi connectivity index (χ0) is 48.8. The van der Waals surface area contributed by atoms with Gasteiger partial charge in [-0.3, -0.25) is 20.0 Å². The van der Waals surface area contributed by atoms with E-state index in [4.69, 9.17) is 0 Å². The predicted molar refractivity (Wildman–Crippen MR) is 273 cm³/mol. The van der Waals surface area contributed by atoms with E-state index < -0.39 is 19.7 Å². The fraction of sp³-hybridized carbons (Fsp3) is 0.0370. The Balaban J connectivity index is 0.000000201. The molecule has 0 radical (unpaired) electrons. The van der Waals surface area contributed by atoms with Crippen molar-refractivity contribution in [1.82, 2.24) is 0 Å². The first-order valence-electron chi connectivity index (χ1n) is 20.6. The summed E-state index contributed by atoms with van der Waals surface area (Å²) in [6.45, 7) is 0. The van der Waals surface area contributed by atoms with Gasteiger partial charge < -0.3 is 20.4 Å². The Hall–Kier alpha value is -7.58. The molecule has 0 unspecified atom stereocenters. The van der Waals surface area contributed by atoms with Gasteiger partial charge in [0.1, 0.15) is 45.7 Å². The molecule has 0 amide bonds. The van der Waals surface area contributed by atoms with Gasteiger partial charge in [0.15, 0.2) is 19.7 Å². The SMILES string of the molecule is CS(=O)(=O)c1ccc(O)c(N=Cc2ccccc2)c1.CS(=O)(=O)c1ccc(O)c(N=Cc2ccccc2)c1.Oc1ccccc1N=Cc1ccccc1.Oc1ccccc1N=Cc1ccccc1.[Zr]. The summed E-state index contributed by atoms with van der Waals surface area (Å²) in [7, 11) is -6.62. The normalized spacial score (nSPS) is 11.2. The second-order valence-electron chi connectivity index (χ2n) is 14.5. The van der Waals surface area contributed by atoms with Gasteiger partial charge in [0, 0.05) is 63.6 Å². The summed E-state index contributed by atoms with van der Waals surface area (Å²) in [5, 5.41) is 38.3. The number of hydrogen-bond acceptors (Lipinski definition) is 12. The van der Waals surface area contributed by atoms with Gasteiger partial charge in [0.25, 0.3) is 0 Å². The maximum absolute atomic E-state index is 11.4. The minimum atomic E-state index is -3.31. The average molecular weight is 1040 g/mol. The third-order valence-corrected chi connectivity index (χ3v) is 11.3. The quantitative estimate of drug-likeness (QED) is 0.0970. The summed E-state index contributed by atoms with van der Waals surface area (Å²) in [6.07, 6.45) is 8.83. The van der Waals surface area contributed by atoms with Gasteiger partial charge in [-0.1, -0.05) is 146 Å². The van der Waals surface area contributed by atoms with Crippen LogP contribution >= 0.6 is 0 Å². The third kappa shape index (κ3) is 18.9. The van der Waals surface area contributed by atoms with Gasteiger partial charge in [-0.15, -0.1) is 0 Å². The van der Waals surface area contributed by atoms with E-state index in [0.717, 1.165) is 34.8 Å². The van der Waals surface area contributed by atoms with Crippen LogP contribution in [0.4, 0.5) is 22.7 Å². The minimum Gasteiger partial charge on any atom is -0.506 e. The molecule has 12 nitrogen and oxygen atoms in total. The van der Waals surface area contributed by atoms with E-state index >= 15 is 0 Å². The van der Waals surface area contributed by atoms with Crippen LogP contribution < -0.4 is 0 Å². The smallest absolute Gasteiger partial charge is 0.175 e. The molecule has 0 aliphatic rings. The van der Waals surface area contributed by atoms with Crippen LogP contribution in [0.2, 0.25) is 0 Å². The molecule has 4 N–H and O–H groups in total. The first-order chi connectivity index (χ1) is 32.7. The number of phenolic OH excluding ortho intramolecular Hbond substituents is 4. The van der Waals surface area contributed by atoms with Crippen molar-refractivity contribution in [3.63, 3.8) is 0 Å². The van der Waals surface area contributed by atoms with Crippen LogP contribution in [-0.2, 0) is 45.9 Å². The van der Waals surface area contributed by atoms with Crippen molar-refractivity contribution in [2.75, 3.05) is 12.5 Å². The van der Waals surface area contributed by atoms with Gasteiger partial charge in [-0.05, 0) is 82.9 Å². The molecule has 8 aromatic rings. The number of rotatable bonds is 10. The summed E-state index contributed by atoms with van der Waals surface area (Å²) in [5.41, 5.74) is 5.39. The second kappa shape index (κ2) is 27.3. The number of aromatic hydroxyl groups is 4. The molecule has 8 aromatic carbocycles. The fourth-order valence-electron chi connectivity index (χ4n) is 5.55. The molecule has 0 spiro atoms. The Morgan fingerprint density at radius 1 is 0.319 bits per heavy atom. The molecule has 0 aliphatic heterocycles. The van der Waals surface area contributed by atoms with Crippen LogP contribution in [0, 0.1) is 0 Å². The Morgan fingerprint density at radius 3 is 0.812 bits per heavy atom. The standard InChI is InChI=1S/2C14H13NO3S.2C13H11NO.Zr/c2*1-19(17,18)12-7-8-14(16)13(9-12)15-10-11-5-3-2-4-6-11;2*15-13-9-5-4-8-12(13)14-10-11-6-2-1-3-7-11;/h2*2-10,16H,1H3;2*1-10,15H;. The minimum absolute atomic E-state index is 0. The summed E-state index contributed by atoms with van der Waals surface area (Å²) in [6, 6.07) is 60.4. The third-order valence-electron chi connectivity index (χ3n) is 9.12. The number of aliphatic imine (C=N–C) groups is 4. The van der Waals surface area contributed by atoms with E-state index in [1.807, 2.05) is 133 Å². The molecule has 15 heteroatoms. The van der Waals surface area contributed by atoms with E-state index in [9.17, 15) is 37.3 Å². The molecular formula is C54H48N4O8S2Zr. The van der Waals surface area contributed by atoms with E-state index in [1.165, 1.54) is 36.4 Å². The summed E-state index contributed by atoms with van der Waals surface area (Å²) in [4.78, 5) is 16.9. The van der Waals surface area contributed by atoms with Gasteiger partial charge >= 0.3 is 0 Å². The Kier molecular flexibility index (Phi) is 21.4. The zero-order valence-electron chi connectivity index (χ0n) is 37.5. The van der Waals surface area contributed by atoms with E-state index in [-0.39, 0.29) is 70.4 Å². The van der Waals surface area contributed by atoms with Crippen LogP contribution in [0.5, 0.6) is 23.0 Å². The molecule has 0 aromatic heterocycles. The van der Waals surface area contributed by atoms with Crippen molar-refractivity contribution in [3.05, 3.63) is 229 Å². The molecule has 69 heavy (non-hydrogen) atoms. The summed E-state index contributed by atoms with van der Waals surface area (Å²) < 4.78 is 45.7. The number of hydrogen-bond donors (Lipinski definition) is 4. The number of benzene rings is 8. The molecule has 0 aliphatic carbocycles. The molecular weight excluding hydrogens is 988 g/mol. The van der Waals surface area contributed by atoms with Gasteiger partial charge in [-0.2, -0.15) is 0 Å². The first kappa shape index (κ1) is 54.0. The molecule has 0 bridgehead atoms. The van der Waals surface area contributed by atoms with Crippen LogP contribution in [-0.4, -0.2) is 74.6 Å². The molecule has 0 saturated carbocycles. The zero-order valence-corrected chi connectivity index (χ0v) is 41.6. The number of nitrogens with zero attached hydrogens (tertiary/aromatic N) is 4. The molecule has 0 atom stereocenters. The fourth-order valence-corrected chi connectivity index (χ4v) is 6.84. The topological polar surface area (TPSA) is 199 Å². The number of phenols is 4. The van der Waals surface area contributed by atoms with E-state index in [0.29, 0.717) is 11.4 Å². The van der Waals surface area contributed by atoms with Gasteiger partial charge in [0.2, 0.25) is 0 Å². The van der Waals surface area contributed by atoms with Crippen LogP contribution in [0.15, 0.2) is 236 Å². The molecule has 0 saturated heterocycles. The van der Waals surface area contributed by atoms with Crippen molar-refractivity contribution < 1.29 is 63.5 Å². The van der Waals surface area contributed by atoms with Crippen molar-refractivity contribution >= 4 is 67.3 Å². The Morgan fingerprint density at radius 2 is 0.551 bits per heavy atom. The summed E-state index contributed by atoms with van der Waals surface area (Å²) >= 11 is 0. The Labute approximate surface area is 421 Å². The van der Waals surface area contributed by atoms with Crippen LogP contribution in [0.3, 0.4) is 0 Å². The first-order valence-corrected chi connectivity index (χ1v) is 24.4. The number of para-hydroxylation sites is 4. The maximum atomic E-state index is 11.4. The Bertz CT molecular complexity index is 3000. The van der Waals surface area contributed by atoms with Gasteiger partial charge in [-0.25, -0.2) is 16.8 Å².